The number of fused-ring (bicyclic) bond motifs is 10. The van der Waals surface area contributed by atoms with Gasteiger partial charge >= 0.3 is 24.7 Å². The number of imidazole rings is 2. The summed E-state index contributed by atoms with van der Waals surface area (Å²) < 4.78 is 170. The topological polar surface area (TPSA) is 68.7 Å². The third-order valence-electron chi connectivity index (χ3n) is 11.0. The molecule has 58 heavy (non-hydrogen) atoms. The van der Waals surface area contributed by atoms with Crippen molar-refractivity contribution in [2.75, 3.05) is 0 Å². The molecule has 0 N–H and O–H groups in total. The van der Waals surface area contributed by atoms with E-state index in [0.29, 0.717) is 44.5 Å². The van der Waals surface area contributed by atoms with Crippen molar-refractivity contribution in [2.24, 2.45) is 0 Å². The number of halogens is 12. The standard InChI is InChI=1S/C40H12F12N4O2/c41-37(42,43)13-9-23(39(47,48)49)31-25(11-13)55-33(53-31)19-5-1-15-17-3-7-22-30-20(6-2-16(28(17)30)18-4-8-21(35(55)57)29(19)27(15)18)34-54-32-24(40(50,51)52)10-14(38(44,45)46)12-26(32)56(34)36(22)58/h1-12H. The van der Waals surface area contributed by atoms with Crippen molar-refractivity contribution in [1.29, 1.82) is 0 Å². The molecule has 11 rings (SSSR count). The van der Waals surface area contributed by atoms with E-state index >= 15 is 0 Å². The highest BCUT2D eigenvalue weighted by Crippen LogP contribution is 2.48. The largest absolute Gasteiger partial charge is 0.418 e. The summed E-state index contributed by atoms with van der Waals surface area (Å²) in [5, 5.41) is 3.35. The number of aromatic nitrogens is 4. The van der Waals surface area contributed by atoms with Crippen LogP contribution in [0.3, 0.4) is 0 Å². The molecule has 6 nitrogen and oxygen atoms in total. The number of benzene rings is 7. The van der Waals surface area contributed by atoms with Crippen LogP contribution in [0.25, 0.3) is 98.0 Å². The predicted molar refractivity (Wildman–Crippen MR) is 190 cm³/mol. The van der Waals surface area contributed by atoms with Crippen molar-refractivity contribution in [2.45, 2.75) is 24.7 Å². The molecule has 7 aromatic carbocycles. The molecular weight excluding hydrogens is 796 g/mol. The minimum absolute atomic E-state index is 0.0509. The zero-order valence-corrected chi connectivity index (χ0v) is 28.1. The fourth-order valence-electron chi connectivity index (χ4n) is 8.75. The summed E-state index contributed by atoms with van der Waals surface area (Å²) in [7, 11) is 0. The van der Waals surface area contributed by atoms with Crippen molar-refractivity contribution in [3.63, 3.8) is 0 Å². The van der Waals surface area contributed by atoms with Crippen molar-refractivity contribution >= 4 is 98.0 Å². The van der Waals surface area contributed by atoms with Crippen LogP contribution in [-0.2, 0) is 24.7 Å². The van der Waals surface area contributed by atoms with Crippen LogP contribution in [0.1, 0.15) is 22.3 Å². The second-order valence-electron chi connectivity index (χ2n) is 14.1. The lowest BCUT2D eigenvalue weighted by molar-refractivity contribution is -0.143. The van der Waals surface area contributed by atoms with Gasteiger partial charge in [-0.25, -0.2) is 9.97 Å². The third kappa shape index (κ3) is 4.20. The van der Waals surface area contributed by atoms with E-state index in [1.54, 1.807) is 12.1 Å². The van der Waals surface area contributed by atoms with Crippen LogP contribution in [0, 0.1) is 0 Å². The number of nitrogens with zero attached hydrogens (tertiary/aromatic N) is 4. The van der Waals surface area contributed by atoms with Crippen LogP contribution in [-0.4, -0.2) is 18.8 Å². The average molecular weight is 809 g/mol. The molecule has 0 aliphatic rings. The van der Waals surface area contributed by atoms with E-state index in [2.05, 4.69) is 9.97 Å². The van der Waals surface area contributed by atoms with Gasteiger partial charge in [0.15, 0.2) is 0 Å². The molecule has 288 valence electrons. The summed E-state index contributed by atoms with van der Waals surface area (Å²) in [6, 6.07) is 12.6. The Morgan fingerprint density at radius 3 is 0.983 bits per heavy atom. The van der Waals surface area contributed by atoms with Gasteiger partial charge < -0.3 is 0 Å². The van der Waals surface area contributed by atoms with Crippen LogP contribution in [0.5, 0.6) is 0 Å². The van der Waals surface area contributed by atoms with Crippen LogP contribution in [0.4, 0.5) is 52.7 Å². The maximum atomic E-state index is 14.2. The van der Waals surface area contributed by atoms with Gasteiger partial charge in [-0.1, -0.05) is 24.3 Å². The smallest absolute Gasteiger partial charge is 0.268 e. The predicted octanol–water partition coefficient (Wildman–Crippen LogP) is 11.3. The Hall–Kier alpha value is -6.72. The van der Waals surface area contributed by atoms with Gasteiger partial charge in [-0.3, -0.25) is 18.4 Å². The van der Waals surface area contributed by atoms with E-state index < -0.39 is 80.1 Å². The minimum Gasteiger partial charge on any atom is -0.268 e. The molecule has 4 aromatic heterocycles. The second kappa shape index (κ2) is 10.2. The zero-order chi connectivity index (χ0) is 40.9. The SMILES string of the molecule is O=c1c2ccc3c4ccc5c6c(ccc(c7ccc(c2c37)c2nc3c(C(F)(F)F)cc(C(F)(F)F)cc3n12)c46)c(=O)n1c2cc(C(F)(F)F)cc(C(F)(F)F)c2nc51. The lowest BCUT2D eigenvalue weighted by Gasteiger charge is -2.18. The molecule has 18 heteroatoms. The average Bonchev–Trinajstić information content (AvgIpc) is 3.73. The first-order valence-electron chi connectivity index (χ1n) is 16.9. The lowest BCUT2D eigenvalue weighted by atomic mass is 9.86. The number of rotatable bonds is 0. The Labute approximate surface area is 309 Å². The van der Waals surface area contributed by atoms with Crippen molar-refractivity contribution in [1.82, 2.24) is 18.8 Å². The summed E-state index contributed by atoms with van der Waals surface area (Å²) in [4.78, 5) is 36.5. The van der Waals surface area contributed by atoms with E-state index in [1.165, 1.54) is 36.4 Å². The summed E-state index contributed by atoms with van der Waals surface area (Å²) in [6.07, 6.45) is -20.9. The quantitative estimate of drug-likeness (QED) is 0.0869. The molecule has 4 heterocycles. The Morgan fingerprint density at radius 1 is 0.379 bits per heavy atom. The van der Waals surface area contributed by atoms with Gasteiger partial charge in [-0.15, -0.1) is 0 Å². The van der Waals surface area contributed by atoms with Crippen molar-refractivity contribution in [3.8, 4) is 0 Å². The molecule has 0 bridgehead atoms. The van der Waals surface area contributed by atoms with E-state index in [0.717, 1.165) is 8.80 Å². The second-order valence-corrected chi connectivity index (χ2v) is 14.1. The zero-order valence-electron chi connectivity index (χ0n) is 28.1. The first-order chi connectivity index (χ1) is 27.1. The Kier molecular flexibility index (Phi) is 6.09. The molecule has 0 fully saturated rings. The van der Waals surface area contributed by atoms with E-state index in [9.17, 15) is 62.3 Å². The summed E-state index contributed by atoms with van der Waals surface area (Å²) >= 11 is 0. The fraction of sp³-hybridized carbons (Fsp3) is 0.100. The minimum atomic E-state index is -5.27. The Bertz CT molecular complexity index is 3520. The Balaban J connectivity index is 1.28. The van der Waals surface area contributed by atoms with E-state index in [-0.39, 0.29) is 55.7 Å². The maximum Gasteiger partial charge on any atom is 0.418 e. The molecule has 0 amide bonds. The summed E-state index contributed by atoms with van der Waals surface area (Å²) in [6.45, 7) is 0. The van der Waals surface area contributed by atoms with Crippen LogP contribution >= 0.6 is 0 Å². The van der Waals surface area contributed by atoms with Gasteiger partial charge in [-0.05, 0) is 80.8 Å². The molecule has 0 aliphatic carbocycles. The molecule has 0 radical (unpaired) electrons. The maximum absolute atomic E-state index is 14.2. The highest BCUT2D eigenvalue weighted by molar-refractivity contribution is 6.40. The molecule has 0 unspecified atom stereocenters. The summed E-state index contributed by atoms with van der Waals surface area (Å²) in [5.74, 6) is 0. The molecule has 0 atom stereocenters. The van der Waals surface area contributed by atoms with Gasteiger partial charge in [0.1, 0.15) is 22.3 Å². The van der Waals surface area contributed by atoms with Crippen molar-refractivity contribution in [3.05, 3.63) is 116 Å². The van der Waals surface area contributed by atoms with E-state index in [1.807, 2.05) is 0 Å². The van der Waals surface area contributed by atoms with Gasteiger partial charge in [0.25, 0.3) is 11.1 Å². The molecule has 0 aliphatic heterocycles. The molecule has 0 spiro atoms. The first kappa shape index (κ1) is 34.5. The number of pyridine rings is 2. The van der Waals surface area contributed by atoms with Crippen molar-refractivity contribution < 1.29 is 52.7 Å². The third-order valence-corrected chi connectivity index (χ3v) is 11.0. The number of hydrogen-bond acceptors (Lipinski definition) is 4. The molecule has 0 saturated heterocycles. The lowest BCUT2D eigenvalue weighted by Crippen LogP contribution is -2.15. The van der Waals surface area contributed by atoms with Crippen LogP contribution in [0.2, 0.25) is 0 Å². The van der Waals surface area contributed by atoms with Crippen LogP contribution in [0.15, 0.2) is 82.4 Å². The number of hydrogen-bond donors (Lipinski definition) is 0. The van der Waals surface area contributed by atoms with Gasteiger partial charge in [0.2, 0.25) is 0 Å². The highest BCUT2D eigenvalue weighted by Gasteiger charge is 2.41. The fourth-order valence-corrected chi connectivity index (χ4v) is 8.75. The van der Waals surface area contributed by atoms with Crippen LogP contribution < -0.4 is 11.1 Å². The van der Waals surface area contributed by atoms with Gasteiger partial charge in [0, 0.05) is 32.3 Å². The van der Waals surface area contributed by atoms with Gasteiger partial charge in [0.05, 0.1) is 33.3 Å². The molecular formula is C40H12F12N4O2. The highest BCUT2D eigenvalue weighted by atomic mass is 19.4. The summed E-state index contributed by atoms with van der Waals surface area (Å²) in [5.41, 5.74) is -12.3. The first-order valence-corrected chi connectivity index (χ1v) is 16.9. The Morgan fingerprint density at radius 2 is 0.672 bits per heavy atom. The normalized spacial score (nSPS) is 14.0. The van der Waals surface area contributed by atoms with Gasteiger partial charge in [-0.2, -0.15) is 52.7 Å². The monoisotopic (exact) mass is 808 g/mol. The number of alkyl halides is 12. The van der Waals surface area contributed by atoms with E-state index in [4.69, 9.17) is 0 Å². The molecule has 0 saturated carbocycles. The molecule has 11 aromatic rings.